The zero-order valence-electron chi connectivity index (χ0n) is 9.33. The number of terminal acetylenes is 1. The minimum atomic E-state index is -3.55. The summed E-state index contributed by atoms with van der Waals surface area (Å²) in [5.41, 5.74) is 6.68. The quantitative estimate of drug-likeness (QED) is 0.504. The molecule has 1 aromatic rings. The lowest BCUT2D eigenvalue weighted by atomic mass is 10.2. The minimum Gasteiger partial charge on any atom is -0.398 e. The lowest BCUT2D eigenvalue weighted by Crippen LogP contribution is -2.25. The first-order valence-corrected chi connectivity index (χ1v) is 7.15. The smallest absolute Gasteiger partial charge is 0.240 e. The molecular formula is C11H13BrN2O2S. The molecule has 6 heteroatoms. The fourth-order valence-electron chi connectivity index (χ4n) is 1.29. The zero-order chi connectivity index (χ0) is 13.1. The van der Waals surface area contributed by atoms with E-state index in [1.807, 2.05) is 0 Å². The van der Waals surface area contributed by atoms with Crippen molar-refractivity contribution in [2.24, 2.45) is 0 Å². The van der Waals surface area contributed by atoms with E-state index < -0.39 is 10.0 Å². The van der Waals surface area contributed by atoms with Crippen LogP contribution < -0.4 is 10.5 Å². The Kier molecular flexibility index (Phi) is 4.57. The summed E-state index contributed by atoms with van der Waals surface area (Å²) in [6, 6.07) is 3.10. The number of sulfonamides is 1. The Morgan fingerprint density at radius 2 is 2.18 bits per heavy atom. The molecule has 0 atom stereocenters. The molecule has 0 aliphatic carbocycles. The van der Waals surface area contributed by atoms with E-state index in [1.165, 1.54) is 6.07 Å². The third kappa shape index (κ3) is 3.46. The number of nitrogens with two attached hydrogens (primary N) is 1. The van der Waals surface area contributed by atoms with Crippen molar-refractivity contribution in [1.29, 1.82) is 0 Å². The molecule has 0 saturated heterocycles. The largest absolute Gasteiger partial charge is 0.398 e. The normalized spacial score (nSPS) is 11.1. The Labute approximate surface area is 110 Å². The molecule has 92 valence electrons. The highest BCUT2D eigenvalue weighted by Crippen LogP contribution is 2.26. The Balaban J connectivity index is 3.08. The van der Waals surface area contributed by atoms with Crippen LogP contribution in [0.25, 0.3) is 0 Å². The molecule has 0 heterocycles. The van der Waals surface area contributed by atoms with Crippen LogP contribution in [-0.2, 0) is 10.0 Å². The number of halogens is 1. The number of hydrogen-bond donors (Lipinski definition) is 2. The molecule has 0 unspecified atom stereocenters. The van der Waals surface area contributed by atoms with Crippen molar-refractivity contribution in [3.8, 4) is 12.3 Å². The Hall–Kier alpha value is -1.03. The van der Waals surface area contributed by atoms with Gasteiger partial charge in [-0.2, -0.15) is 0 Å². The molecule has 1 aromatic carbocycles. The van der Waals surface area contributed by atoms with Gasteiger partial charge in [0.25, 0.3) is 0 Å². The van der Waals surface area contributed by atoms with Crippen LogP contribution in [0.3, 0.4) is 0 Å². The SMILES string of the molecule is C#CCCNS(=O)(=O)c1cc(N)c(Br)cc1C. The number of hydrogen-bond acceptors (Lipinski definition) is 3. The summed E-state index contributed by atoms with van der Waals surface area (Å²) < 4.78 is 27.0. The van der Waals surface area contributed by atoms with Crippen LogP contribution >= 0.6 is 15.9 Å². The molecule has 0 aromatic heterocycles. The third-order valence-electron chi connectivity index (χ3n) is 2.15. The number of aryl methyl sites for hydroxylation is 1. The molecule has 0 spiro atoms. The fourth-order valence-corrected chi connectivity index (χ4v) is 3.04. The summed E-state index contributed by atoms with van der Waals surface area (Å²) >= 11 is 3.24. The van der Waals surface area contributed by atoms with Gasteiger partial charge < -0.3 is 5.73 Å². The lowest BCUT2D eigenvalue weighted by Gasteiger charge is -2.10. The van der Waals surface area contributed by atoms with Crippen molar-refractivity contribution in [1.82, 2.24) is 4.72 Å². The first-order valence-electron chi connectivity index (χ1n) is 4.87. The Morgan fingerprint density at radius 1 is 1.53 bits per heavy atom. The van der Waals surface area contributed by atoms with Crippen molar-refractivity contribution in [3.05, 3.63) is 22.2 Å². The molecule has 0 amide bonds. The summed E-state index contributed by atoms with van der Waals surface area (Å²) in [5.74, 6) is 2.37. The summed E-state index contributed by atoms with van der Waals surface area (Å²) in [7, 11) is -3.55. The van der Waals surface area contributed by atoms with Crippen molar-refractivity contribution in [2.45, 2.75) is 18.2 Å². The van der Waals surface area contributed by atoms with Crippen LogP contribution in [0.1, 0.15) is 12.0 Å². The summed E-state index contributed by atoms with van der Waals surface area (Å²) in [4.78, 5) is 0.176. The molecule has 4 nitrogen and oxygen atoms in total. The lowest BCUT2D eigenvalue weighted by molar-refractivity contribution is 0.582. The third-order valence-corrected chi connectivity index (χ3v) is 4.43. The molecule has 0 aliphatic rings. The van der Waals surface area contributed by atoms with E-state index in [0.717, 1.165) is 0 Å². The van der Waals surface area contributed by atoms with Crippen LogP contribution in [0.15, 0.2) is 21.5 Å². The average Bonchev–Trinajstić information content (AvgIpc) is 2.23. The van der Waals surface area contributed by atoms with E-state index >= 15 is 0 Å². The Bertz CT molecular complexity index is 562. The second kappa shape index (κ2) is 5.54. The monoisotopic (exact) mass is 316 g/mol. The topological polar surface area (TPSA) is 72.2 Å². The highest BCUT2D eigenvalue weighted by molar-refractivity contribution is 9.10. The number of anilines is 1. The zero-order valence-corrected chi connectivity index (χ0v) is 11.7. The molecule has 0 radical (unpaired) electrons. The maximum absolute atomic E-state index is 11.9. The molecule has 0 bridgehead atoms. The van der Waals surface area contributed by atoms with Crippen LogP contribution in [-0.4, -0.2) is 15.0 Å². The molecular weight excluding hydrogens is 304 g/mol. The second-order valence-electron chi connectivity index (χ2n) is 3.49. The van der Waals surface area contributed by atoms with Gasteiger partial charge >= 0.3 is 0 Å². The van der Waals surface area contributed by atoms with Gasteiger partial charge in [-0.05, 0) is 40.5 Å². The van der Waals surface area contributed by atoms with Gasteiger partial charge in [-0.25, -0.2) is 13.1 Å². The predicted octanol–water partition coefficient (Wildman–Crippen LogP) is 1.64. The van der Waals surface area contributed by atoms with Crippen molar-refractivity contribution >= 4 is 31.6 Å². The maximum Gasteiger partial charge on any atom is 0.240 e. The van der Waals surface area contributed by atoms with E-state index in [-0.39, 0.29) is 11.4 Å². The number of nitrogens with one attached hydrogen (secondary N) is 1. The molecule has 0 aliphatic heterocycles. The predicted molar refractivity (Wildman–Crippen MR) is 71.9 cm³/mol. The van der Waals surface area contributed by atoms with Crippen LogP contribution in [0.4, 0.5) is 5.69 Å². The van der Waals surface area contributed by atoms with E-state index in [4.69, 9.17) is 12.2 Å². The van der Waals surface area contributed by atoms with Crippen LogP contribution in [0.2, 0.25) is 0 Å². The van der Waals surface area contributed by atoms with Crippen LogP contribution in [0.5, 0.6) is 0 Å². The molecule has 3 N–H and O–H groups in total. The first-order chi connectivity index (χ1) is 7.88. The first kappa shape index (κ1) is 14.0. The number of rotatable bonds is 4. The van der Waals surface area contributed by atoms with Crippen molar-refractivity contribution < 1.29 is 8.42 Å². The summed E-state index contributed by atoms with van der Waals surface area (Å²) in [6.45, 7) is 1.92. The van der Waals surface area contributed by atoms with Gasteiger partial charge in [0.15, 0.2) is 0 Å². The van der Waals surface area contributed by atoms with E-state index in [9.17, 15) is 8.42 Å². The maximum atomic E-state index is 11.9. The number of benzene rings is 1. The van der Waals surface area contributed by atoms with Gasteiger partial charge in [0.05, 0.1) is 4.90 Å². The van der Waals surface area contributed by atoms with E-state index in [2.05, 4.69) is 26.6 Å². The minimum absolute atomic E-state index is 0.176. The molecule has 17 heavy (non-hydrogen) atoms. The summed E-state index contributed by atoms with van der Waals surface area (Å²) in [6.07, 6.45) is 5.41. The van der Waals surface area contributed by atoms with Gasteiger partial charge in [-0.3, -0.25) is 0 Å². The fraction of sp³-hybridized carbons (Fsp3) is 0.273. The average molecular weight is 317 g/mol. The Morgan fingerprint density at radius 3 is 2.76 bits per heavy atom. The molecule has 0 saturated carbocycles. The van der Waals surface area contributed by atoms with Gasteiger partial charge in [0.1, 0.15) is 0 Å². The van der Waals surface area contributed by atoms with E-state index in [1.54, 1.807) is 13.0 Å². The molecule has 1 rings (SSSR count). The van der Waals surface area contributed by atoms with Gasteiger partial charge in [0.2, 0.25) is 10.0 Å². The number of nitrogen functional groups attached to an aromatic ring is 1. The highest BCUT2D eigenvalue weighted by atomic mass is 79.9. The van der Waals surface area contributed by atoms with Gasteiger partial charge in [-0.1, -0.05) is 0 Å². The van der Waals surface area contributed by atoms with Gasteiger partial charge in [-0.15, -0.1) is 12.3 Å². The molecule has 0 fully saturated rings. The van der Waals surface area contributed by atoms with Crippen molar-refractivity contribution in [2.75, 3.05) is 12.3 Å². The summed E-state index contributed by atoms with van der Waals surface area (Å²) in [5, 5.41) is 0. The second-order valence-corrected chi connectivity index (χ2v) is 6.08. The standard InChI is InChI=1S/C11H13BrN2O2S/c1-3-4-5-14-17(15,16)11-7-10(13)9(12)6-8(11)2/h1,6-7,14H,4-5,13H2,2H3. The van der Waals surface area contributed by atoms with Crippen molar-refractivity contribution in [3.63, 3.8) is 0 Å². The highest BCUT2D eigenvalue weighted by Gasteiger charge is 2.17. The van der Waals surface area contributed by atoms with Crippen LogP contribution in [0, 0.1) is 19.3 Å². The van der Waals surface area contributed by atoms with Gasteiger partial charge in [0, 0.05) is 23.1 Å². The van der Waals surface area contributed by atoms with E-state index in [0.29, 0.717) is 22.1 Å².